The van der Waals surface area contributed by atoms with Gasteiger partial charge in [0, 0.05) is 24.4 Å². The Balaban J connectivity index is 1.46. The van der Waals surface area contributed by atoms with Crippen molar-refractivity contribution in [1.82, 2.24) is 4.90 Å². The van der Waals surface area contributed by atoms with Crippen molar-refractivity contribution in [1.29, 1.82) is 0 Å². The molecule has 4 aromatic rings. The van der Waals surface area contributed by atoms with E-state index in [1.54, 1.807) is 0 Å². The first-order valence-corrected chi connectivity index (χ1v) is 15.0. The molecule has 1 aliphatic rings. The summed E-state index contributed by atoms with van der Waals surface area (Å²) in [6.45, 7) is 11.9. The highest BCUT2D eigenvalue weighted by Crippen LogP contribution is 2.43. The molecule has 6 nitrogen and oxygen atoms in total. The fourth-order valence-electron chi connectivity index (χ4n) is 6.36. The normalized spacial score (nSPS) is 17.1. The molecule has 0 aromatic heterocycles. The predicted octanol–water partition coefficient (Wildman–Crippen LogP) is 8.83. The average Bonchev–Trinajstić information content (AvgIpc) is 2.95. The number of para-hydroxylation sites is 1. The van der Waals surface area contributed by atoms with E-state index in [1.807, 2.05) is 82.0 Å². The molecule has 1 aliphatic heterocycles. The van der Waals surface area contributed by atoms with Gasteiger partial charge in [-0.05, 0) is 87.1 Å². The summed E-state index contributed by atoms with van der Waals surface area (Å²) >= 11 is 0. The van der Waals surface area contributed by atoms with Crippen molar-refractivity contribution < 1.29 is 24.2 Å². The minimum atomic E-state index is -0.913. The minimum absolute atomic E-state index is 0.0286. The van der Waals surface area contributed by atoms with Crippen molar-refractivity contribution in [3.8, 4) is 5.75 Å². The fraction of sp³-hybridized carbons (Fsp3) is 0.351. The highest BCUT2D eigenvalue weighted by atomic mass is 16.6. The Morgan fingerprint density at radius 3 is 2.40 bits per heavy atom. The van der Waals surface area contributed by atoms with Gasteiger partial charge in [0.2, 0.25) is 0 Å². The second-order valence-electron chi connectivity index (χ2n) is 12.5. The Hall–Kier alpha value is -4.32. The molecule has 0 aliphatic carbocycles. The number of hydrogen-bond acceptors (Lipinski definition) is 4. The molecule has 0 radical (unpaired) electrons. The number of carbonyl (C=O) groups excluding carboxylic acids is 1. The molecule has 6 heteroatoms. The number of hydrogen-bond donors (Lipinski definition) is 1. The number of carboxylic acid groups (broad SMARTS) is 1. The number of carboxylic acids is 1. The van der Waals surface area contributed by atoms with E-state index >= 15 is 0 Å². The monoisotopic (exact) mass is 579 g/mol. The SMILES string of the molecule is Cc1ccc(C2CC(CCN(C(=O)OC(C)(C)C)C(C)c3cccc4ccccc34)Oc3ccccc32)c(C)c1C(=O)O. The number of aromatic carboxylic acids is 1. The van der Waals surface area contributed by atoms with Gasteiger partial charge in [-0.25, -0.2) is 9.59 Å². The number of carbonyl (C=O) groups is 2. The summed E-state index contributed by atoms with van der Waals surface area (Å²) in [4.78, 5) is 27.6. The van der Waals surface area contributed by atoms with Crippen LogP contribution in [0.1, 0.15) is 90.7 Å². The molecule has 3 atom stereocenters. The van der Waals surface area contributed by atoms with Crippen molar-refractivity contribution in [2.24, 2.45) is 0 Å². The number of rotatable bonds is 7. The zero-order valence-electron chi connectivity index (χ0n) is 25.9. The van der Waals surface area contributed by atoms with Crippen LogP contribution in [-0.4, -0.2) is 40.3 Å². The lowest BCUT2D eigenvalue weighted by atomic mass is 9.80. The number of ether oxygens (including phenoxy) is 2. The van der Waals surface area contributed by atoms with E-state index in [1.165, 1.54) is 0 Å². The molecule has 43 heavy (non-hydrogen) atoms. The van der Waals surface area contributed by atoms with Gasteiger partial charge in [-0.3, -0.25) is 0 Å². The van der Waals surface area contributed by atoms with E-state index < -0.39 is 11.6 Å². The number of benzene rings is 4. The maximum absolute atomic E-state index is 13.7. The Kier molecular flexibility index (Phi) is 8.50. The van der Waals surface area contributed by atoms with Gasteiger partial charge in [-0.2, -0.15) is 0 Å². The van der Waals surface area contributed by atoms with Crippen LogP contribution in [0.25, 0.3) is 10.8 Å². The molecule has 224 valence electrons. The highest BCUT2D eigenvalue weighted by molar-refractivity contribution is 5.91. The Bertz CT molecular complexity index is 1650. The molecule has 0 saturated heterocycles. The number of amides is 1. The molecule has 0 fully saturated rings. The Morgan fingerprint density at radius 1 is 0.953 bits per heavy atom. The van der Waals surface area contributed by atoms with E-state index in [9.17, 15) is 14.7 Å². The van der Waals surface area contributed by atoms with Crippen molar-refractivity contribution in [2.75, 3.05) is 6.54 Å². The van der Waals surface area contributed by atoms with Gasteiger partial charge in [0.05, 0.1) is 11.6 Å². The molecule has 4 aromatic carbocycles. The van der Waals surface area contributed by atoms with Gasteiger partial charge in [0.15, 0.2) is 0 Å². The van der Waals surface area contributed by atoms with Crippen molar-refractivity contribution in [3.63, 3.8) is 0 Å². The van der Waals surface area contributed by atoms with Gasteiger partial charge in [-0.15, -0.1) is 0 Å². The second kappa shape index (κ2) is 12.1. The maximum Gasteiger partial charge on any atom is 0.410 e. The lowest BCUT2D eigenvalue weighted by molar-refractivity contribution is 0.0141. The molecule has 0 spiro atoms. The van der Waals surface area contributed by atoms with Crippen LogP contribution in [0.2, 0.25) is 0 Å². The van der Waals surface area contributed by atoms with Crippen molar-refractivity contribution in [2.45, 2.75) is 78.0 Å². The van der Waals surface area contributed by atoms with Crippen LogP contribution in [0.15, 0.2) is 78.9 Å². The lowest BCUT2D eigenvalue weighted by Gasteiger charge is -2.36. The molecule has 1 N–H and O–H groups in total. The van der Waals surface area contributed by atoms with Gasteiger partial charge < -0.3 is 19.5 Å². The zero-order chi connectivity index (χ0) is 30.9. The maximum atomic E-state index is 13.7. The zero-order valence-corrected chi connectivity index (χ0v) is 25.9. The fourth-order valence-corrected chi connectivity index (χ4v) is 6.36. The second-order valence-corrected chi connectivity index (χ2v) is 12.5. The Labute approximate surface area is 254 Å². The van der Waals surface area contributed by atoms with E-state index in [0.29, 0.717) is 24.9 Å². The predicted molar refractivity (Wildman–Crippen MR) is 170 cm³/mol. The average molecular weight is 580 g/mol. The Morgan fingerprint density at radius 2 is 1.65 bits per heavy atom. The number of aryl methyl sites for hydroxylation is 1. The number of fused-ring (bicyclic) bond motifs is 2. The van der Waals surface area contributed by atoms with E-state index in [0.717, 1.165) is 44.3 Å². The lowest BCUT2D eigenvalue weighted by Crippen LogP contribution is -2.41. The largest absolute Gasteiger partial charge is 0.490 e. The molecule has 0 saturated carbocycles. The van der Waals surface area contributed by atoms with E-state index in [4.69, 9.17) is 9.47 Å². The molecule has 0 bridgehead atoms. The van der Waals surface area contributed by atoms with Gasteiger partial charge in [-0.1, -0.05) is 72.8 Å². The third kappa shape index (κ3) is 6.38. The van der Waals surface area contributed by atoms with Gasteiger partial charge in [0.1, 0.15) is 17.5 Å². The molecular formula is C37H41NO5. The molecule has 3 unspecified atom stereocenters. The van der Waals surface area contributed by atoms with Crippen LogP contribution in [0.5, 0.6) is 5.75 Å². The first kappa shape index (κ1) is 30.1. The highest BCUT2D eigenvalue weighted by Gasteiger charge is 2.34. The third-order valence-electron chi connectivity index (χ3n) is 8.45. The minimum Gasteiger partial charge on any atom is -0.490 e. The standard InChI is InChI=1S/C37H41NO5/c1-23-18-19-28(24(2)34(23)35(39)40)32-22-27(42-33-17-10-9-15-31(32)33)20-21-38(36(41)43-37(4,5)6)25(3)29-16-11-13-26-12-7-8-14-30(26)29/h7-19,25,27,32H,20-22H2,1-6H3,(H,39,40). The number of nitrogens with zero attached hydrogens (tertiary/aromatic N) is 1. The first-order valence-electron chi connectivity index (χ1n) is 15.0. The van der Waals surface area contributed by atoms with E-state index in [2.05, 4.69) is 43.3 Å². The van der Waals surface area contributed by atoms with Crippen LogP contribution < -0.4 is 4.74 Å². The topological polar surface area (TPSA) is 76.1 Å². The molecule has 5 rings (SSSR count). The van der Waals surface area contributed by atoms with Crippen LogP contribution in [-0.2, 0) is 4.74 Å². The first-order chi connectivity index (χ1) is 20.4. The third-order valence-corrected chi connectivity index (χ3v) is 8.45. The van der Waals surface area contributed by atoms with Gasteiger partial charge >= 0.3 is 12.1 Å². The van der Waals surface area contributed by atoms with Crippen LogP contribution in [0, 0.1) is 13.8 Å². The summed E-state index contributed by atoms with van der Waals surface area (Å²) in [5, 5.41) is 12.2. The summed E-state index contributed by atoms with van der Waals surface area (Å²) in [5.74, 6) is -0.144. The molecular weight excluding hydrogens is 538 g/mol. The molecule has 1 heterocycles. The van der Waals surface area contributed by atoms with Crippen molar-refractivity contribution >= 4 is 22.8 Å². The van der Waals surface area contributed by atoms with E-state index in [-0.39, 0.29) is 24.2 Å². The summed E-state index contributed by atoms with van der Waals surface area (Å²) in [6, 6.07) is 26.1. The van der Waals surface area contributed by atoms with Gasteiger partial charge in [0.25, 0.3) is 0 Å². The van der Waals surface area contributed by atoms with Crippen LogP contribution in [0.3, 0.4) is 0 Å². The quantitative estimate of drug-likeness (QED) is 0.237. The summed E-state index contributed by atoms with van der Waals surface area (Å²) in [5.41, 5.74) is 4.37. The summed E-state index contributed by atoms with van der Waals surface area (Å²) in [7, 11) is 0. The smallest absolute Gasteiger partial charge is 0.410 e. The summed E-state index contributed by atoms with van der Waals surface area (Å²) < 4.78 is 12.4. The molecule has 1 amide bonds. The van der Waals surface area contributed by atoms with Crippen LogP contribution >= 0.6 is 0 Å². The van der Waals surface area contributed by atoms with Crippen molar-refractivity contribution in [3.05, 3.63) is 112 Å². The van der Waals surface area contributed by atoms with Crippen LogP contribution in [0.4, 0.5) is 4.79 Å². The summed E-state index contributed by atoms with van der Waals surface area (Å²) in [6.07, 6.45) is 0.723.